The molecule has 0 bridgehead atoms. The van der Waals surface area contributed by atoms with E-state index in [4.69, 9.17) is 0 Å². The van der Waals surface area contributed by atoms with Crippen molar-refractivity contribution in [3.8, 4) is 0 Å². The van der Waals surface area contributed by atoms with E-state index in [1.165, 1.54) is 31.5 Å². The molecule has 0 atom stereocenters. The fourth-order valence-corrected chi connectivity index (χ4v) is 2.75. The van der Waals surface area contributed by atoms with E-state index in [9.17, 15) is 0 Å². The highest BCUT2D eigenvalue weighted by Crippen LogP contribution is 2.37. The van der Waals surface area contributed by atoms with E-state index in [0.29, 0.717) is 0 Å². The SMILES string of the molecule is CN1CCC(C(C)(C)c2ccncc2)CC1. The second-order valence-electron chi connectivity index (χ2n) is 5.54. The third-order valence-electron chi connectivity index (χ3n) is 4.16. The van der Waals surface area contributed by atoms with E-state index >= 15 is 0 Å². The number of piperidine rings is 1. The maximum absolute atomic E-state index is 4.11. The van der Waals surface area contributed by atoms with E-state index < -0.39 is 0 Å². The van der Waals surface area contributed by atoms with Crippen molar-refractivity contribution in [3.63, 3.8) is 0 Å². The second kappa shape index (κ2) is 4.54. The lowest BCUT2D eigenvalue weighted by atomic mass is 9.70. The van der Waals surface area contributed by atoms with Gasteiger partial charge in [-0.1, -0.05) is 13.8 Å². The first-order valence-corrected chi connectivity index (χ1v) is 6.20. The van der Waals surface area contributed by atoms with Crippen LogP contribution in [0.2, 0.25) is 0 Å². The Morgan fingerprint density at radius 1 is 1.19 bits per heavy atom. The molecule has 0 radical (unpaired) electrons. The number of rotatable bonds is 2. The first-order chi connectivity index (χ1) is 7.60. The lowest BCUT2D eigenvalue weighted by molar-refractivity contribution is 0.163. The Bertz CT molecular complexity index is 324. The largest absolute Gasteiger partial charge is 0.306 e. The van der Waals surface area contributed by atoms with Gasteiger partial charge >= 0.3 is 0 Å². The summed E-state index contributed by atoms with van der Waals surface area (Å²) < 4.78 is 0. The van der Waals surface area contributed by atoms with Crippen LogP contribution in [-0.4, -0.2) is 30.0 Å². The van der Waals surface area contributed by atoms with Crippen molar-refractivity contribution in [3.05, 3.63) is 30.1 Å². The Morgan fingerprint density at radius 3 is 2.31 bits per heavy atom. The molecule has 16 heavy (non-hydrogen) atoms. The first kappa shape index (κ1) is 11.6. The van der Waals surface area contributed by atoms with Crippen LogP contribution in [0.25, 0.3) is 0 Å². The van der Waals surface area contributed by atoms with Gasteiger partial charge in [0, 0.05) is 12.4 Å². The molecule has 1 aliphatic heterocycles. The van der Waals surface area contributed by atoms with Crippen molar-refractivity contribution in [2.24, 2.45) is 5.92 Å². The molecule has 2 heterocycles. The third kappa shape index (κ3) is 2.27. The van der Waals surface area contributed by atoms with E-state index in [0.717, 1.165) is 5.92 Å². The molecule has 0 spiro atoms. The van der Waals surface area contributed by atoms with E-state index in [2.05, 4.69) is 42.9 Å². The third-order valence-corrected chi connectivity index (χ3v) is 4.16. The monoisotopic (exact) mass is 218 g/mol. The highest BCUT2D eigenvalue weighted by atomic mass is 15.1. The maximum atomic E-state index is 4.11. The van der Waals surface area contributed by atoms with E-state index in [1.807, 2.05) is 12.4 Å². The normalized spacial score (nSPS) is 19.9. The number of aromatic nitrogens is 1. The summed E-state index contributed by atoms with van der Waals surface area (Å²) in [5.74, 6) is 0.797. The van der Waals surface area contributed by atoms with Crippen LogP contribution in [-0.2, 0) is 5.41 Å². The predicted octanol–water partition coefficient (Wildman–Crippen LogP) is 2.70. The summed E-state index contributed by atoms with van der Waals surface area (Å²) in [5, 5.41) is 0. The predicted molar refractivity (Wildman–Crippen MR) is 67.5 cm³/mol. The van der Waals surface area contributed by atoms with Gasteiger partial charge in [0.1, 0.15) is 0 Å². The van der Waals surface area contributed by atoms with Crippen LogP contribution in [0.4, 0.5) is 0 Å². The summed E-state index contributed by atoms with van der Waals surface area (Å²) in [4.78, 5) is 6.54. The smallest absolute Gasteiger partial charge is 0.0270 e. The number of hydrogen-bond donors (Lipinski definition) is 0. The molecule has 1 saturated heterocycles. The molecule has 0 N–H and O–H groups in total. The lowest BCUT2D eigenvalue weighted by Gasteiger charge is -2.40. The molecule has 2 rings (SSSR count). The van der Waals surface area contributed by atoms with Gasteiger partial charge in [0.05, 0.1) is 0 Å². The van der Waals surface area contributed by atoms with Crippen molar-refractivity contribution in [1.29, 1.82) is 0 Å². The van der Waals surface area contributed by atoms with E-state index in [-0.39, 0.29) is 5.41 Å². The van der Waals surface area contributed by atoms with Crippen LogP contribution < -0.4 is 0 Å². The summed E-state index contributed by atoms with van der Waals surface area (Å²) in [6.45, 7) is 7.22. The van der Waals surface area contributed by atoms with Gasteiger partial charge in [0.25, 0.3) is 0 Å². The minimum atomic E-state index is 0.282. The zero-order chi connectivity index (χ0) is 11.6. The topological polar surface area (TPSA) is 16.1 Å². The van der Waals surface area contributed by atoms with Gasteiger partial charge in [0.15, 0.2) is 0 Å². The highest BCUT2D eigenvalue weighted by Gasteiger charge is 2.32. The number of likely N-dealkylation sites (tertiary alicyclic amines) is 1. The first-order valence-electron chi connectivity index (χ1n) is 6.20. The molecule has 2 nitrogen and oxygen atoms in total. The van der Waals surface area contributed by atoms with Gasteiger partial charge in [-0.25, -0.2) is 0 Å². The van der Waals surface area contributed by atoms with Crippen molar-refractivity contribution in [2.75, 3.05) is 20.1 Å². The lowest BCUT2D eigenvalue weighted by Crippen LogP contribution is -2.39. The van der Waals surface area contributed by atoms with Crippen LogP contribution in [0, 0.1) is 5.92 Å². The summed E-state index contributed by atoms with van der Waals surface area (Å²) in [7, 11) is 2.22. The highest BCUT2D eigenvalue weighted by molar-refractivity contribution is 5.22. The van der Waals surface area contributed by atoms with Gasteiger partial charge in [-0.2, -0.15) is 0 Å². The van der Waals surface area contributed by atoms with Gasteiger partial charge < -0.3 is 4.90 Å². The van der Waals surface area contributed by atoms with Crippen LogP contribution in [0.5, 0.6) is 0 Å². The Labute approximate surface area is 98.7 Å². The second-order valence-corrected chi connectivity index (χ2v) is 5.54. The average Bonchev–Trinajstić information content (AvgIpc) is 2.31. The molecular formula is C14H22N2. The van der Waals surface area contributed by atoms with Crippen molar-refractivity contribution in [1.82, 2.24) is 9.88 Å². The minimum absolute atomic E-state index is 0.282. The molecule has 1 fully saturated rings. The molecule has 0 amide bonds. The van der Waals surface area contributed by atoms with Crippen molar-refractivity contribution < 1.29 is 0 Å². The van der Waals surface area contributed by atoms with E-state index in [1.54, 1.807) is 0 Å². The van der Waals surface area contributed by atoms with Crippen molar-refractivity contribution in [2.45, 2.75) is 32.1 Å². The van der Waals surface area contributed by atoms with Crippen molar-refractivity contribution >= 4 is 0 Å². The minimum Gasteiger partial charge on any atom is -0.306 e. The summed E-state index contributed by atoms with van der Waals surface area (Å²) in [6, 6.07) is 4.33. The molecular weight excluding hydrogens is 196 g/mol. The quantitative estimate of drug-likeness (QED) is 0.758. The van der Waals surface area contributed by atoms with Crippen LogP contribution in [0.1, 0.15) is 32.3 Å². The van der Waals surface area contributed by atoms with Gasteiger partial charge in [0.2, 0.25) is 0 Å². The fourth-order valence-electron chi connectivity index (χ4n) is 2.75. The Kier molecular flexibility index (Phi) is 3.29. The van der Waals surface area contributed by atoms with Gasteiger partial charge in [-0.3, -0.25) is 4.98 Å². The number of pyridine rings is 1. The Hall–Kier alpha value is -0.890. The zero-order valence-electron chi connectivity index (χ0n) is 10.6. The molecule has 88 valence electrons. The summed E-state index contributed by atoms with van der Waals surface area (Å²) >= 11 is 0. The number of nitrogens with zero attached hydrogens (tertiary/aromatic N) is 2. The molecule has 0 aliphatic carbocycles. The summed E-state index contributed by atoms with van der Waals surface area (Å²) in [5.41, 5.74) is 1.71. The summed E-state index contributed by atoms with van der Waals surface area (Å²) in [6.07, 6.45) is 6.44. The van der Waals surface area contributed by atoms with Crippen LogP contribution in [0.3, 0.4) is 0 Å². The molecule has 0 saturated carbocycles. The molecule has 0 aromatic carbocycles. The molecule has 1 aromatic heterocycles. The molecule has 0 unspecified atom stereocenters. The Morgan fingerprint density at radius 2 is 1.75 bits per heavy atom. The average molecular weight is 218 g/mol. The standard InChI is InChI=1S/C14H22N2/c1-14(2,12-4-8-15-9-5-12)13-6-10-16(3)11-7-13/h4-5,8-9,13H,6-7,10-11H2,1-3H3. The maximum Gasteiger partial charge on any atom is 0.0270 e. The molecule has 1 aliphatic rings. The zero-order valence-corrected chi connectivity index (χ0v) is 10.6. The van der Waals surface area contributed by atoms with Crippen LogP contribution in [0.15, 0.2) is 24.5 Å². The fraction of sp³-hybridized carbons (Fsp3) is 0.643. The number of hydrogen-bond acceptors (Lipinski definition) is 2. The van der Waals surface area contributed by atoms with Gasteiger partial charge in [-0.15, -0.1) is 0 Å². The van der Waals surface area contributed by atoms with Crippen LogP contribution >= 0.6 is 0 Å². The Balaban J connectivity index is 2.13. The molecule has 1 aromatic rings. The molecule has 2 heteroatoms. The van der Waals surface area contributed by atoms with Gasteiger partial charge in [-0.05, 0) is 62.0 Å².